The lowest BCUT2D eigenvalue weighted by atomic mass is 10.4. The highest BCUT2D eigenvalue weighted by molar-refractivity contribution is 6.34. The second kappa shape index (κ2) is 2.87. The molecule has 0 aromatic carbocycles. The maximum Gasteiger partial charge on any atom is 0.382 e. The summed E-state index contributed by atoms with van der Waals surface area (Å²) >= 11 is 10.0. The van der Waals surface area contributed by atoms with Gasteiger partial charge in [0.2, 0.25) is 0 Å². The van der Waals surface area contributed by atoms with Gasteiger partial charge in [0.05, 0.1) is 0 Å². The zero-order valence-electron chi connectivity index (χ0n) is 4.89. The third-order valence-electron chi connectivity index (χ3n) is 0.990. The molecule has 0 aliphatic carbocycles. The second-order valence-electron chi connectivity index (χ2n) is 1.69. The Labute approximate surface area is 69.8 Å². The van der Waals surface area contributed by atoms with E-state index in [1.807, 2.05) is 0 Å². The molecular formula is C5HCl2F3N+. The molecule has 1 nitrogen and oxygen atoms in total. The first-order valence-corrected chi connectivity index (χ1v) is 3.20. The molecule has 0 fully saturated rings. The number of nitrogens with one attached hydrogen (secondary N) is 1. The van der Waals surface area contributed by atoms with Crippen molar-refractivity contribution in [2.24, 2.45) is 0 Å². The van der Waals surface area contributed by atoms with Crippen LogP contribution >= 0.6 is 23.2 Å². The van der Waals surface area contributed by atoms with Gasteiger partial charge < -0.3 is 0 Å². The van der Waals surface area contributed by atoms with Crippen LogP contribution in [0, 0.1) is 17.7 Å². The van der Waals surface area contributed by atoms with Crippen LogP contribution in [0.1, 0.15) is 0 Å². The summed E-state index contributed by atoms with van der Waals surface area (Å²) < 4.78 is 37.1. The van der Waals surface area contributed by atoms with Crippen LogP contribution in [0.4, 0.5) is 13.2 Å². The van der Waals surface area contributed by atoms with Crippen molar-refractivity contribution in [2.45, 2.75) is 0 Å². The minimum atomic E-state index is -1.30. The van der Waals surface area contributed by atoms with Gasteiger partial charge in [0.15, 0.2) is 15.9 Å². The van der Waals surface area contributed by atoms with E-state index < -0.39 is 27.8 Å². The Hall–Kier alpha value is -0.480. The lowest BCUT2D eigenvalue weighted by molar-refractivity contribution is -0.461. The fourth-order valence-corrected chi connectivity index (χ4v) is 0.827. The molecule has 11 heavy (non-hydrogen) atoms. The molecule has 0 aliphatic rings. The molecule has 1 aromatic rings. The molecule has 1 heterocycles. The van der Waals surface area contributed by atoms with Gasteiger partial charge >= 0.3 is 11.9 Å². The fourth-order valence-electron chi connectivity index (χ4n) is 0.495. The maximum absolute atomic E-state index is 12.5. The zero-order chi connectivity index (χ0) is 8.59. The van der Waals surface area contributed by atoms with E-state index in [-0.39, 0.29) is 0 Å². The van der Waals surface area contributed by atoms with Crippen molar-refractivity contribution in [1.29, 1.82) is 0 Å². The predicted molar refractivity (Wildman–Crippen MR) is 32.9 cm³/mol. The van der Waals surface area contributed by atoms with E-state index in [2.05, 4.69) is 0 Å². The van der Waals surface area contributed by atoms with Crippen LogP contribution < -0.4 is 4.98 Å². The molecule has 1 aromatic heterocycles. The molecule has 0 unspecified atom stereocenters. The minimum Gasteiger partial charge on any atom is -0.203 e. The van der Waals surface area contributed by atoms with Crippen LogP contribution in [0.15, 0.2) is 0 Å². The predicted octanol–water partition coefficient (Wildman–Crippen LogP) is 2.22. The summed E-state index contributed by atoms with van der Waals surface area (Å²) in [6.45, 7) is 0. The molecule has 6 heteroatoms. The van der Waals surface area contributed by atoms with Gasteiger partial charge in [-0.2, -0.15) is 4.98 Å². The molecular weight excluding hydrogens is 202 g/mol. The highest BCUT2D eigenvalue weighted by Crippen LogP contribution is 2.23. The highest BCUT2D eigenvalue weighted by Gasteiger charge is 2.23. The van der Waals surface area contributed by atoms with Gasteiger partial charge in [0.25, 0.3) is 0 Å². The van der Waals surface area contributed by atoms with Gasteiger partial charge in [-0.05, 0) is 0 Å². The lowest BCUT2D eigenvalue weighted by Gasteiger charge is -1.92. The van der Waals surface area contributed by atoms with Crippen LogP contribution in [0.2, 0.25) is 10.0 Å². The molecule has 1 rings (SSSR count). The van der Waals surface area contributed by atoms with Crippen molar-refractivity contribution in [3.63, 3.8) is 0 Å². The van der Waals surface area contributed by atoms with Crippen molar-refractivity contribution in [3.05, 3.63) is 27.8 Å². The van der Waals surface area contributed by atoms with Crippen LogP contribution in [0.5, 0.6) is 0 Å². The first-order valence-electron chi connectivity index (χ1n) is 2.44. The third kappa shape index (κ3) is 1.41. The van der Waals surface area contributed by atoms with E-state index in [1.165, 1.54) is 4.98 Å². The average molecular weight is 203 g/mol. The number of H-pyrrole nitrogens is 1. The maximum atomic E-state index is 12.5. The molecule has 1 N–H and O–H groups in total. The number of aromatic amines is 1. The number of rotatable bonds is 0. The summed E-state index contributed by atoms with van der Waals surface area (Å²) in [4.78, 5) is 1.51. The average Bonchev–Trinajstić information content (AvgIpc) is 1.97. The van der Waals surface area contributed by atoms with Crippen molar-refractivity contribution in [2.75, 3.05) is 0 Å². The normalized spacial score (nSPS) is 10.3. The largest absolute Gasteiger partial charge is 0.382 e. The summed E-state index contributed by atoms with van der Waals surface area (Å²) in [6, 6.07) is 0. The molecule has 0 spiro atoms. The Morgan fingerprint density at radius 1 is 0.909 bits per heavy atom. The highest BCUT2D eigenvalue weighted by atomic mass is 35.5. The molecule has 0 saturated heterocycles. The Balaban J connectivity index is 3.46. The van der Waals surface area contributed by atoms with Gasteiger partial charge in [-0.25, -0.2) is 4.39 Å². The van der Waals surface area contributed by atoms with E-state index in [0.717, 1.165) is 0 Å². The number of halogens is 5. The summed E-state index contributed by atoms with van der Waals surface area (Å²) in [5.41, 5.74) is 0. The van der Waals surface area contributed by atoms with E-state index in [4.69, 9.17) is 23.2 Å². The van der Waals surface area contributed by atoms with E-state index >= 15 is 0 Å². The topological polar surface area (TPSA) is 14.1 Å². The van der Waals surface area contributed by atoms with E-state index in [0.29, 0.717) is 0 Å². The molecule has 0 aliphatic heterocycles. The zero-order valence-corrected chi connectivity index (χ0v) is 6.40. The lowest BCUT2D eigenvalue weighted by Crippen LogP contribution is -2.17. The summed E-state index contributed by atoms with van der Waals surface area (Å²) in [5, 5.41) is -1.70. The smallest absolute Gasteiger partial charge is 0.203 e. The summed E-state index contributed by atoms with van der Waals surface area (Å²) in [6.07, 6.45) is 0. The van der Waals surface area contributed by atoms with Crippen LogP contribution in [-0.2, 0) is 0 Å². The number of pyridine rings is 1. The van der Waals surface area contributed by atoms with Gasteiger partial charge in [-0.1, -0.05) is 23.2 Å². The summed E-state index contributed by atoms with van der Waals surface area (Å²) in [5.74, 6) is -3.88. The quantitative estimate of drug-likeness (QED) is 0.574. The van der Waals surface area contributed by atoms with Crippen LogP contribution in [0.3, 0.4) is 0 Å². The number of aromatic nitrogens is 1. The fraction of sp³-hybridized carbons (Fsp3) is 0. The van der Waals surface area contributed by atoms with Crippen LogP contribution in [0.25, 0.3) is 0 Å². The van der Waals surface area contributed by atoms with Crippen molar-refractivity contribution < 1.29 is 18.2 Å². The number of hydrogen-bond acceptors (Lipinski definition) is 0. The van der Waals surface area contributed by atoms with Gasteiger partial charge in [-0.15, -0.1) is 8.78 Å². The number of hydrogen-bond donors (Lipinski definition) is 0. The van der Waals surface area contributed by atoms with E-state index in [9.17, 15) is 13.2 Å². The van der Waals surface area contributed by atoms with Crippen LogP contribution in [-0.4, -0.2) is 0 Å². The van der Waals surface area contributed by atoms with E-state index in [1.54, 1.807) is 0 Å². The molecule has 0 atom stereocenters. The first kappa shape index (κ1) is 8.62. The summed E-state index contributed by atoms with van der Waals surface area (Å²) in [7, 11) is 0. The third-order valence-corrected chi connectivity index (χ3v) is 1.65. The van der Waals surface area contributed by atoms with Crippen molar-refractivity contribution in [3.8, 4) is 0 Å². The molecule has 0 bridgehead atoms. The molecule has 0 radical (unpaired) electrons. The Morgan fingerprint density at radius 3 is 1.64 bits per heavy atom. The standard InChI is InChI=1S/C5Cl2F3N/c6-1-3(8)2(7)5(10)11-4(1)9/p+1. The Kier molecular flexibility index (Phi) is 2.25. The van der Waals surface area contributed by atoms with Gasteiger partial charge in [0, 0.05) is 0 Å². The minimum absolute atomic E-state index is 0.851. The second-order valence-corrected chi connectivity index (χ2v) is 2.45. The van der Waals surface area contributed by atoms with Gasteiger partial charge in [0.1, 0.15) is 0 Å². The van der Waals surface area contributed by atoms with Crippen molar-refractivity contribution >= 4 is 23.2 Å². The molecule has 0 amide bonds. The molecule has 60 valence electrons. The Morgan fingerprint density at radius 2 is 1.27 bits per heavy atom. The SMILES string of the molecule is Fc1[nH+]c(F)c(Cl)c(F)c1Cl. The first-order chi connectivity index (χ1) is 5.04. The van der Waals surface area contributed by atoms with Crippen molar-refractivity contribution in [1.82, 2.24) is 0 Å². The monoisotopic (exact) mass is 202 g/mol. The van der Waals surface area contributed by atoms with Gasteiger partial charge in [-0.3, -0.25) is 0 Å². The molecule has 0 saturated carbocycles. The Bertz CT molecular complexity index is 276.